The van der Waals surface area contributed by atoms with E-state index in [1.807, 2.05) is 0 Å². The van der Waals surface area contributed by atoms with Crippen LogP contribution in [0.1, 0.15) is 10.4 Å². The lowest BCUT2D eigenvalue weighted by Gasteiger charge is -2.08. The van der Waals surface area contributed by atoms with Gasteiger partial charge in [-0.05, 0) is 48.5 Å². The molecule has 2 N–H and O–H groups in total. The predicted octanol–water partition coefficient (Wildman–Crippen LogP) is 1.75. The number of amides is 2. The minimum atomic E-state index is -0.490. The fraction of sp³-hybridized carbons (Fsp3) is 0.167. The molecule has 0 aliphatic rings. The Bertz CT molecular complexity index is 775. The smallest absolute Gasteiger partial charge is 0.337 e. The molecule has 2 aromatic rings. The Hall–Kier alpha value is -3.42. The van der Waals surface area contributed by atoms with Gasteiger partial charge in [0.1, 0.15) is 11.6 Å². The maximum atomic E-state index is 12.8. The molecule has 8 heteroatoms. The highest BCUT2D eigenvalue weighted by Gasteiger charge is 2.08. The van der Waals surface area contributed by atoms with E-state index in [4.69, 9.17) is 4.74 Å². The number of rotatable bonds is 7. The highest BCUT2D eigenvalue weighted by atomic mass is 19.1. The summed E-state index contributed by atoms with van der Waals surface area (Å²) in [5.41, 5.74) is 0.786. The Kier molecular flexibility index (Phi) is 6.67. The van der Waals surface area contributed by atoms with Crippen molar-refractivity contribution in [1.29, 1.82) is 0 Å². The van der Waals surface area contributed by atoms with Crippen LogP contribution in [0.5, 0.6) is 5.75 Å². The summed E-state index contributed by atoms with van der Waals surface area (Å²) in [5, 5.41) is 4.91. The lowest BCUT2D eigenvalue weighted by Crippen LogP contribution is -2.35. The van der Waals surface area contributed by atoms with E-state index in [9.17, 15) is 18.8 Å². The summed E-state index contributed by atoms with van der Waals surface area (Å²) >= 11 is 0. The molecule has 0 saturated heterocycles. The summed E-state index contributed by atoms with van der Waals surface area (Å²) in [5.74, 6) is -1.43. The second-order valence-electron chi connectivity index (χ2n) is 5.14. The summed E-state index contributed by atoms with van der Waals surface area (Å²) < 4.78 is 22.6. The zero-order valence-corrected chi connectivity index (χ0v) is 14.0. The van der Waals surface area contributed by atoms with Crippen LogP contribution in [-0.4, -0.2) is 38.0 Å². The first kappa shape index (κ1) is 18.9. The summed E-state index contributed by atoms with van der Waals surface area (Å²) in [6.45, 7) is -0.539. The number of benzene rings is 2. The van der Waals surface area contributed by atoms with E-state index < -0.39 is 23.6 Å². The SMILES string of the molecule is COC(=O)c1ccc(OCC(=O)NCC(=O)Nc2ccc(F)cc2)cc1. The highest BCUT2D eigenvalue weighted by Crippen LogP contribution is 2.12. The first-order valence-corrected chi connectivity index (χ1v) is 7.61. The number of hydrogen-bond acceptors (Lipinski definition) is 5. The van der Waals surface area contributed by atoms with Crippen LogP contribution in [0, 0.1) is 5.82 Å². The van der Waals surface area contributed by atoms with Crippen LogP contribution in [0.2, 0.25) is 0 Å². The lowest BCUT2D eigenvalue weighted by molar-refractivity contribution is -0.125. The van der Waals surface area contributed by atoms with E-state index in [1.165, 1.54) is 55.6 Å². The van der Waals surface area contributed by atoms with Gasteiger partial charge in [0.2, 0.25) is 5.91 Å². The number of esters is 1. The molecule has 0 fully saturated rings. The van der Waals surface area contributed by atoms with E-state index in [0.29, 0.717) is 17.0 Å². The molecule has 26 heavy (non-hydrogen) atoms. The van der Waals surface area contributed by atoms with Gasteiger partial charge in [0.05, 0.1) is 19.2 Å². The molecule has 0 bridgehead atoms. The highest BCUT2D eigenvalue weighted by molar-refractivity contribution is 5.94. The quantitative estimate of drug-likeness (QED) is 0.734. The molecule has 2 rings (SSSR count). The molecule has 0 aliphatic heterocycles. The summed E-state index contributed by atoms with van der Waals surface area (Å²) in [6, 6.07) is 11.3. The van der Waals surface area contributed by atoms with Crippen molar-refractivity contribution in [3.05, 3.63) is 59.9 Å². The Morgan fingerprint density at radius 1 is 0.962 bits per heavy atom. The van der Waals surface area contributed by atoms with Gasteiger partial charge in [0.25, 0.3) is 5.91 Å². The van der Waals surface area contributed by atoms with Crippen LogP contribution < -0.4 is 15.4 Å². The van der Waals surface area contributed by atoms with Crippen LogP contribution in [0.3, 0.4) is 0 Å². The topological polar surface area (TPSA) is 93.7 Å². The summed E-state index contributed by atoms with van der Waals surface area (Å²) in [6.07, 6.45) is 0. The molecule has 136 valence electrons. The Balaban J connectivity index is 1.72. The third-order valence-electron chi connectivity index (χ3n) is 3.22. The fourth-order valence-corrected chi connectivity index (χ4v) is 1.92. The Morgan fingerprint density at radius 2 is 1.62 bits per heavy atom. The van der Waals surface area contributed by atoms with Gasteiger partial charge in [-0.3, -0.25) is 9.59 Å². The van der Waals surface area contributed by atoms with Crippen molar-refractivity contribution < 1.29 is 28.2 Å². The van der Waals surface area contributed by atoms with Crippen LogP contribution in [0.4, 0.5) is 10.1 Å². The van der Waals surface area contributed by atoms with Crippen LogP contribution >= 0.6 is 0 Å². The fourth-order valence-electron chi connectivity index (χ4n) is 1.92. The molecule has 7 nitrogen and oxygen atoms in total. The zero-order valence-electron chi connectivity index (χ0n) is 14.0. The van der Waals surface area contributed by atoms with Crippen molar-refractivity contribution >= 4 is 23.5 Å². The molecule has 2 aromatic carbocycles. The molecular formula is C18H17FN2O5. The number of carbonyl (C=O) groups is 3. The van der Waals surface area contributed by atoms with Crippen LogP contribution in [0.15, 0.2) is 48.5 Å². The molecule has 2 amide bonds. The van der Waals surface area contributed by atoms with Gasteiger partial charge in [-0.25, -0.2) is 9.18 Å². The second kappa shape index (κ2) is 9.16. The van der Waals surface area contributed by atoms with Crippen LogP contribution in [0.25, 0.3) is 0 Å². The van der Waals surface area contributed by atoms with Gasteiger partial charge in [0.15, 0.2) is 6.61 Å². The van der Waals surface area contributed by atoms with E-state index in [2.05, 4.69) is 15.4 Å². The number of hydrogen-bond donors (Lipinski definition) is 2. The lowest BCUT2D eigenvalue weighted by atomic mass is 10.2. The molecule has 0 aromatic heterocycles. The van der Waals surface area contributed by atoms with Gasteiger partial charge >= 0.3 is 5.97 Å². The van der Waals surface area contributed by atoms with Crippen molar-refractivity contribution in [3.8, 4) is 5.75 Å². The second-order valence-corrected chi connectivity index (χ2v) is 5.14. The van der Waals surface area contributed by atoms with E-state index in [-0.39, 0.29) is 13.2 Å². The number of anilines is 1. The average molecular weight is 360 g/mol. The summed E-state index contributed by atoms with van der Waals surface area (Å²) in [7, 11) is 1.28. The van der Waals surface area contributed by atoms with Crippen molar-refractivity contribution in [2.24, 2.45) is 0 Å². The van der Waals surface area contributed by atoms with E-state index >= 15 is 0 Å². The summed E-state index contributed by atoms with van der Waals surface area (Å²) in [4.78, 5) is 34.7. The first-order chi connectivity index (χ1) is 12.5. The first-order valence-electron chi connectivity index (χ1n) is 7.61. The van der Waals surface area contributed by atoms with Crippen molar-refractivity contribution in [3.63, 3.8) is 0 Å². The van der Waals surface area contributed by atoms with Gasteiger partial charge in [-0.2, -0.15) is 0 Å². The minimum Gasteiger partial charge on any atom is -0.484 e. The maximum Gasteiger partial charge on any atom is 0.337 e. The third-order valence-corrected chi connectivity index (χ3v) is 3.22. The van der Waals surface area contributed by atoms with Gasteiger partial charge in [-0.15, -0.1) is 0 Å². The van der Waals surface area contributed by atoms with Crippen molar-refractivity contribution in [2.45, 2.75) is 0 Å². The third kappa shape index (κ3) is 5.90. The molecule has 0 saturated carbocycles. The molecule has 0 aliphatic carbocycles. The van der Waals surface area contributed by atoms with Gasteiger partial charge in [0, 0.05) is 5.69 Å². The number of methoxy groups -OCH3 is 1. The number of ether oxygens (including phenoxy) is 2. The van der Waals surface area contributed by atoms with Crippen molar-refractivity contribution in [2.75, 3.05) is 25.6 Å². The normalized spacial score (nSPS) is 9.92. The average Bonchev–Trinajstić information content (AvgIpc) is 2.66. The Labute approximate surface area is 149 Å². The zero-order chi connectivity index (χ0) is 18.9. The number of nitrogens with one attached hydrogen (secondary N) is 2. The minimum absolute atomic E-state index is 0.249. The van der Waals surface area contributed by atoms with Crippen molar-refractivity contribution in [1.82, 2.24) is 5.32 Å². The largest absolute Gasteiger partial charge is 0.484 e. The molecule has 0 radical (unpaired) electrons. The monoisotopic (exact) mass is 360 g/mol. The van der Waals surface area contributed by atoms with Crippen LogP contribution in [-0.2, 0) is 14.3 Å². The molecule has 0 spiro atoms. The molecule has 0 atom stereocenters. The Morgan fingerprint density at radius 3 is 2.23 bits per heavy atom. The number of halogens is 1. The number of carbonyl (C=O) groups excluding carboxylic acids is 3. The molecular weight excluding hydrogens is 343 g/mol. The van der Waals surface area contributed by atoms with Gasteiger partial charge < -0.3 is 20.1 Å². The standard InChI is InChI=1S/C18H17FN2O5/c1-25-18(24)12-2-8-15(9-3-12)26-11-17(23)20-10-16(22)21-14-6-4-13(19)5-7-14/h2-9H,10-11H2,1H3,(H,20,23)(H,21,22). The van der Waals surface area contributed by atoms with Gasteiger partial charge in [-0.1, -0.05) is 0 Å². The maximum absolute atomic E-state index is 12.8. The molecule has 0 unspecified atom stereocenters. The predicted molar refractivity (Wildman–Crippen MR) is 91.3 cm³/mol. The van der Waals surface area contributed by atoms with E-state index in [1.54, 1.807) is 0 Å². The van der Waals surface area contributed by atoms with E-state index in [0.717, 1.165) is 0 Å². The molecule has 0 heterocycles.